The van der Waals surface area contributed by atoms with Gasteiger partial charge in [-0.25, -0.2) is 12.8 Å². The first-order chi connectivity index (χ1) is 19.2. The second kappa shape index (κ2) is 11.7. The molecule has 3 aromatic rings. The highest BCUT2D eigenvalue weighted by atomic mass is 32.2. The summed E-state index contributed by atoms with van der Waals surface area (Å²) in [5.41, 5.74) is 3.56. The van der Waals surface area contributed by atoms with E-state index < -0.39 is 21.2 Å². The molecule has 1 atom stereocenters. The van der Waals surface area contributed by atoms with Crippen LogP contribution in [0.2, 0.25) is 0 Å². The number of nitrogens with zero attached hydrogens (tertiary/aromatic N) is 2. The number of aromatic amines is 1. The summed E-state index contributed by atoms with van der Waals surface area (Å²) in [6.07, 6.45) is 0. The number of anilines is 1. The zero-order chi connectivity index (χ0) is 30.2. The highest BCUT2D eigenvalue weighted by Crippen LogP contribution is 2.43. The van der Waals surface area contributed by atoms with Crippen LogP contribution in [0.3, 0.4) is 0 Å². The third-order valence-electron chi connectivity index (χ3n) is 7.25. The monoisotopic (exact) mass is 584 g/mol. The summed E-state index contributed by atoms with van der Waals surface area (Å²) in [5, 5.41) is 2.16. The average Bonchev–Trinajstić information content (AvgIpc) is 3.24. The molecule has 0 radical (unpaired) electrons. The van der Waals surface area contributed by atoms with Crippen molar-refractivity contribution < 1.29 is 22.3 Å². The minimum atomic E-state index is -3.70. The van der Waals surface area contributed by atoms with Crippen LogP contribution in [0, 0.1) is 12.7 Å². The van der Waals surface area contributed by atoms with Gasteiger partial charge in [0, 0.05) is 35.8 Å². The molecule has 2 heterocycles. The van der Waals surface area contributed by atoms with Gasteiger partial charge < -0.3 is 19.9 Å². The van der Waals surface area contributed by atoms with E-state index in [9.17, 15) is 22.4 Å². The van der Waals surface area contributed by atoms with Crippen molar-refractivity contribution >= 4 is 21.6 Å². The summed E-state index contributed by atoms with van der Waals surface area (Å²) >= 11 is 0. The van der Waals surface area contributed by atoms with Gasteiger partial charge in [0.25, 0.3) is 11.5 Å². The molecule has 1 unspecified atom stereocenters. The highest BCUT2D eigenvalue weighted by molar-refractivity contribution is 7.93. The normalized spacial score (nSPS) is 15.0. The van der Waals surface area contributed by atoms with Gasteiger partial charge in [0.1, 0.15) is 11.6 Å². The fourth-order valence-corrected chi connectivity index (χ4v) is 6.53. The van der Waals surface area contributed by atoms with Crippen molar-refractivity contribution in [1.29, 1.82) is 0 Å². The number of nitrogens with one attached hydrogen (secondary N) is 2. The van der Waals surface area contributed by atoms with E-state index in [1.165, 1.54) is 17.5 Å². The molecule has 9 nitrogen and oxygen atoms in total. The second-order valence-electron chi connectivity index (χ2n) is 11.0. The van der Waals surface area contributed by atoms with Crippen LogP contribution in [0.5, 0.6) is 5.75 Å². The molecule has 11 heteroatoms. The van der Waals surface area contributed by atoms with Crippen LogP contribution in [-0.2, 0) is 23.1 Å². The van der Waals surface area contributed by atoms with Gasteiger partial charge in [0.15, 0.2) is 0 Å². The number of aromatic nitrogens is 1. The maximum atomic E-state index is 14.6. The summed E-state index contributed by atoms with van der Waals surface area (Å²) in [7, 11) is 1.44. The Morgan fingerprint density at radius 1 is 1.20 bits per heavy atom. The predicted molar refractivity (Wildman–Crippen MR) is 159 cm³/mol. The Kier molecular flexibility index (Phi) is 8.60. The summed E-state index contributed by atoms with van der Waals surface area (Å²) in [4.78, 5) is 30.9. The summed E-state index contributed by atoms with van der Waals surface area (Å²) in [5.74, 6) is -0.719. The molecule has 0 fully saturated rings. The number of pyridine rings is 1. The van der Waals surface area contributed by atoms with Crippen molar-refractivity contribution in [2.24, 2.45) is 0 Å². The number of ether oxygens (including phenoxy) is 1. The lowest BCUT2D eigenvalue weighted by molar-refractivity contribution is 0.0949. The summed E-state index contributed by atoms with van der Waals surface area (Å²) < 4.78 is 48.0. The van der Waals surface area contributed by atoms with E-state index in [0.29, 0.717) is 51.5 Å². The number of hydrogen-bond donors (Lipinski definition) is 2. The molecular weight excluding hydrogens is 547 g/mol. The van der Waals surface area contributed by atoms with Gasteiger partial charge in [-0.15, -0.1) is 0 Å². The van der Waals surface area contributed by atoms with Crippen molar-refractivity contribution in [2.45, 2.75) is 52.0 Å². The maximum Gasteiger partial charge on any atom is 0.256 e. The number of carbonyl (C=O) groups is 1. The third-order valence-corrected chi connectivity index (χ3v) is 9.40. The van der Waals surface area contributed by atoms with E-state index in [1.54, 1.807) is 51.1 Å². The first kappa shape index (κ1) is 30.3. The van der Waals surface area contributed by atoms with E-state index in [0.717, 1.165) is 0 Å². The van der Waals surface area contributed by atoms with Crippen LogP contribution in [0.15, 0.2) is 41.2 Å². The number of carbonyl (C=O) groups excluding carboxylic acids is 1. The van der Waals surface area contributed by atoms with Crippen molar-refractivity contribution in [3.05, 3.63) is 80.5 Å². The molecule has 1 aliphatic rings. The second-order valence-corrected chi connectivity index (χ2v) is 13.5. The number of aryl methyl sites for hydroxylation is 1. The SMILES string of the molecule is COc1cc(C)[nH]c(=O)c1CNC(=O)c1cc(-c2ccc(F)c(CN(C)C)c2)cc2c1C(C)CN2S(=O)(=O)C(C)C. The van der Waals surface area contributed by atoms with Crippen LogP contribution >= 0.6 is 0 Å². The number of sulfonamides is 1. The Balaban J connectivity index is 1.84. The number of H-pyrrole nitrogens is 1. The molecule has 1 amide bonds. The van der Waals surface area contributed by atoms with Crippen molar-refractivity contribution in [2.75, 3.05) is 32.1 Å². The first-order valence-corrected chi connectivity index (χ1v) is 14.9. The summed E-state index contributed by atoms with van der Waals surface area (Å²) in [6.45, 7) is 7.33. The minimum absolute atomic E-state index is 0.0947. The van der Waals surface area contributed by atoms with E-state index in [1.807, 2.05) is 25.9 Å². The number of methoxy groups -OCH3 is 1. The molecular formula is C30H37FN4O5S. The van der Waals surface area contributed by atoms with Crippen LogP contribution in [0.4, 0.5) is 10.1 Å². The molecule has 4 rings (SSSR count). The maximum absolute atomic E-state index is 14.6. The largest absolute Gasteiger partial charge is 0.496 e. The Hall–Kier alpha value is -3.70. The van der Waals surface area contributed by atoms with Crippen molar-refractivity contribution in [1.82, 2.24) is 15.2 Å². The van der Waals surface area contributed by atoms with E-state index in [4.69, 9.17) is 4.74 Å². The zero-order valence-corrected chi connectivity index (χ0v) is 25.3. The van der Waals surface area contributed by atoms with E-state index in [2.05, 4.69) is 10.3 Å². The molecule has 2 aromatic carbocycles. The van der Waals surface area contributed by atoms with Crippen molar-refractivity contribution in [3.63, 3.8) is 0 Å². The van der Waals surface area contributed by atoms with Crippen LogP contribution in [0.1, 0.15) is 59.4 Å². The number of rotatable bonds is 9. The zero-order valence-electron chi connectivity index (χ0n) is 24.5. The third kappa shape index (κ3) is 6.01. The lowest BCUT2D eigenvalue weighted by Crippen LogP contribution is -2.35. The van der Waals surface area contributed by atoms with Crippen LogP contribution < -0.4 is 19.9 Å². The van der Waals surface area contributed by atoms with Crippen LogP contribution in [-0.4, -0.2) is 57.2 Å². The smallest absolute Gasteiger partial charge is 0.256 e. The Morgan fingerprint density at radius 3 is 2.54 bits per heavy atom. The summed E-state index contributed by atoms with van der Waals surface area (Å²) in [6, 6.07) is 9.86. The molecule has 1 aromatic heterocycles. The standard InChI is InChI=1S/C30H37FN4O5S/c1-17(2)41(38,39)35-15-18(3)28-23(29(36)32-14-24-27(40-7)10-19(4)33-30(24)37)12-21(13-26(28)35)20-8-9-25(31)22(11-20)16-34(5)6/h8-13,17-18H,14-16H2,1-7H3,(H,32,36)(H,33,37). The molecule has 0 saturated heterocycles. The number of benzene rings is 2. The Labute approximate surface area is 240 Å². The molecule has 1 aliphatic heterocycles. The van der Waals surface area contributed by atoms with Gasteiger partial charge in [0.2, 0.25) is 10.0 Å². The Bertz CT molecular complexity index is 1650. The van der Waals surface area contributed by atoms with Gasteiger partial charge in [-0.3, -0.25) is 13.9 Å². The molecule has 0 saturated carbocycles. The average molecular weight is 585 g/mol. The van der Waals surface area contributed by atoms with Crippen molar-refractivity contribution in [3.8, 4) is 16.9 Å². The fraction of sp³-hybridized carbons (Fsp3) is 0.400. The quantitative estimate of drug-likeness (QED) is 0.391. The topological polar surface area (TPSA) is 112 Å². The molecule has 41 heavy (non-hydrogen) atoms. The molecule has 220 valence electrons. The van der Waals surface area contributed by atoms with Gasteiger partial charge in [0.05, 0.1) is 30.2 Å². The van der Waals surface area contributed by atoms with Gasteiger partial charge >= 0.3 is 0 Å². The molecule has 2 N–H and O–H groups in total. The van der Waals surface area contributed by atoms with Gasteiger partial charge in [-0.2, -0.15) is 0 Å². The highest BCUT2D eigenvalue weighted by Gasteiger charge is 2.38. The molecule has 0 bridgehead atoms. The molecule has 0 spiro atoms. The number of halogens is 1. The number of fused-ring (bicyclic) bond motifs is 1. The fourth-order valence-electron chi connectivity index (χ4n) is 5.17. The van der Waals surface area contributed by atoms with Gasteiger partial charge in [-0.1, -0.05) is 13.0 Å². The molecule has 0 aliphatic carbocycles. The van der Waals surface area contributed by atoms with Gasteiger partial charge in [-0.05, 0) is 81.9 Å². The lowest BCUT2D eigenvalue weighted by atomic mass is 9.92. The number of hydrogen-bond acceptors (Lipinski definition) is 6. The number of amides is 1. The first-order valence-electron chi connectivity index (χ1n) is 13.4. The Morgan fingerprint density at radius 2 is 1.90 bits per heavy atom. The predicted octanol–water partition coefficient (Wildman–Crippen LogP) is 4.15. The minimum Gasteiger partial charge on any atom is -0.496 e. The van der Waals surface area contributed by atoms with E-state index >= 15 is 0 Å². The van der Waals surface area contributed by atoms with E-state index in [-0.39, 0.29) is 35.9 Å². The van der Waals surface area contributed by atoms with Crippen LogP contribution in [0.25, 0.3) is 11.1 Å². The lowest BCUT2D eigenvalue weighted by Gasteiger charge is -2.23.